The number of para-hydroxylation sites is 3. The van der Waals surface area contributed by atoms with Crippen LogP contribution in [0.15, 0.2) is 79.0 Å². The lowest BCUT2D eigenvalue weighted by Gasteiger charge is -1.98. The van der Waals surface area contributed by atoms with Gasteiger partial charge in [0, 0.05) is 22.2 Å². The minimum absolute atomic E-state index is 0.683. The molecule has 0 saturated carbocycles. The number of hydrogen-bond donors (Lipinski definition) is 1. The molecule has 2 heterocycles. The highest BCUT2D eigenvalue weighted by Gasteiger charge is 2.10. The highest BCUT2D eigenvalue weighted by molar-refractivity contribution is 6.30. The van der Waals surface area contributed by atoms with Crippen molar-refractivity contribution in [2.75, 3.05) is 0 Å². The highest BCUT2D eigenvalue weighted by atomic mass is 35.5. The monoisotopic (exact) mass is 371 g/mol. The Balaban J connectivity index is 2.00. The molecule has 0 bridgehead atoms. The molecule has 5 nitrogen and oxygen atoms in total. The van der Waals surface area contributed by atoms with E-state index in [2.05, 4.69) is 15.3 Å². The summed E-state index contributed by atoms with van der Waals surface area (Å²) in [5.74, 6) is 0. The van der Waals surface area contributed by atoms with Crippen LogP contribution in [-0.2, 0) is 0 Å². The zero-order valence-corrected chi connectivity index (χ0v) is 14.9. The second-order valence-electron chi connectivity index (χ2n) is 6.14. The van der Waals surface area contributed by atoms with Gasteiger partial charge in [-0.2, -0.15) is 5.10 Å². The van der Waals surface area contributed by atoms with Crippen LogP contribution in [0.4, 0.5) is 0 Å². The smallest absolute Gasteiger partial charge is 0.182 e. The summed E-state index contributed by atoms with van der Waals surface area (Å²) in [5, 5.41) is 9.30. The predicted molar refractivity (Wildman–Crippen MR) is 108 cm³/mol. The maximum absolute atomic E-state index is 6.05. The van der Waals surface area contributed by atoms with Crippen LogP contribution in [0.2, 0.25) is 5.02 Å². The van der Waals surface area contributed by atoms with E-state index in [9.17, 15) is 0 Å². The predicted octanol–water partition coefficient (Wildman–Crippen LogP) is 5.20. The fourth-order valence-corrected chi connectivity index (χ4v) is 3.22. The van der Waals surface area contributed by atoms with Gasteiger partial charge in [-0.15, -0.1) is 0 Å². The van der Waals surface area contributed by atoms with E-state index >= 15 is 0 Å². The van der Waals surface area contributed by atoms with Crippen LogP contribution in [-0.4, -0.2) is 24.8 Å². The fourth-order valence-electron chi connectivity index (χ4n) is 3.10. The van der Waals surface area contributed by atoms with Crippen molar-refractivity contribution in [1.82, 2.24) is 24.8 Å². The third-order valence-corrected chi connectivity index (χ3v) is 4.68. The molecule has 0 amide bonds. The van der Waals surface area contributed by atoms with Gasteiger partial charge in [0.05, 0.1) is 16.6 Å². The van der Waals surface area contributed by atoms with E-state index < -0.39 is 0 Å². The Hall–Kier alpha value is -3.44. The van der Waals surface area contributed by atoms with E-state index in [0.29, 0.717) is 10.7 Å². The van der Waals surface area contributed by atoms with Crippen LogP contribution in [0.1, 0.15) is 0 Å². The molecule has 0 radical (unpaired) electrons. The molecule has 3 aromatic carbocycles. The molecule has 5 rings (SSSR count). The molecule has 0 atom stereocenters. The third kappa shape index (κ3) is 2.78. The summed E-state index contributed by atoms with van der Waals surface area (Å²) in [7, 11) is 0. The first kappa shape index (κ1) is 15.8. The van der Waals surface area contributed by atoms with Crippen molar-refractivity contribution in [3.05, 3.63) is 84.0 Å². The van der Waals surface area contributed by atoms with Crippen LogP contribution < -0.4 is 0 Å². The van der Waals surface area contributed by atoms with Crippen molar-refractivity contribution < 1.29 is 0 Å². The van der Waals surface area contributed by atoms with Crippen LogP contribution >= 0.6 is 11.6 Å². The van der Waals surface area contributed by atoms with Gasteiger partial charge in [-0.1, -0.05) is 54.1 Å². The molecule has 6 heteroatoms. The van der Waals surface area contributed by atoms with E-state index in [1.807, 2.05) is 83.5 Å². The molecule has 5 aromatic rings. The number of benzene rings is 3. The van der Waals surface area contributed by atoms with Gasteiger partial charge in [-0.05, 0) is 30.3 Å². The number of halogens is 1. The van der Waals surface area contributed by atoms with Gasteiger partial charge in [0.25, 0.3) is 0 Å². The molecular weight excluding hydrogens is 358 g/mol. The van der Waals surface area contributed by atoms with Crippen molar-refractivity contribution in [3.8, 4) is 11.3 Å². The lowest BCUT2D eigenvalue weighted by molar-refractivity contribution is 0.880. The Bertz CT molecular complexity index is 1330. The Morgan fingerprint density at radius 2 is 1.56 bits per heavy atom. The summed E-state index contributed by atoms with van der Waals surface area (Å²) in [5.41, 5.74) is 4.92. The van der Waals surface area contributed by atoms with Gasteiger partial charge >= 0.3 is 0 Å². The second kappa shape index (κ2) is 6.37. The average molecular weight is 372 g/mol. The van der Waals surface area contributed by atoms with E-state index in [1.165, 1.54) is 0 Å². The number of aromatic nitrogens is 5. The lowest BCUT2D eigenvalue weighted by Crippen LogP contribution is -1.89. The summed E-state index contributed by atoms with van der Waals surface area (Å²) in [6.07, 6.45) is 1.86. The van der Waals surface area contributed by atoms with Crippen molar-refractivity contribution in [2.24, 2.45) is 0 Å². The first-order chi connectivity index (χ1) is 13.3. The number of fused-ring (bicyclic) bond motifs is 4. The SMILES string of the molecule is Clc1ccc(-c2n[nH]n3c2nc2ccccc2ncc2ccccc23)cc1. The molecule has 0 aliphatic carbocycles. The van der Waals surface area contributed by atoms with Gasteiger partial charge in [-0.25, -0.2) is 14.7 Å². The number of nitrogens with one attached hydrogen (secondary N) is 1. The minimum Gasteiger partial charge on any atom is -0.254 e. The highest BCUT2D eigenvalue weighted by Crippen LogP contribution is 2.24. The summed E-state index contributed by atoms with van der Waals surface area (Å²) in [6, 6.07) is 23.4. The molecule has 130 valence electrons. The molecule has 0 unspecified atom stereocenters. The van der Waals surface area contributed by atoms with Crippen molar-refractivity contribution in [2.45, 2.75) is 0 Å². The molecule has 1 N–H and O–H groups in total. The summed E-state index contributed by atoms with van der Waals surface area (Å²) in [4.78, 5) is 9.54. The van der Waals surface area contributed by atoms with E-state index in [0.717, 1.165) is 33.2 Å². The van der Waals surface area contributed by atoms with Gasteiger partial charge in [0.2, 0.25) is 0 Å². The first-order valence-electron chi connectivity index (χ1n) is 8.50. The zero-order chi connectivity index (χ0) is 18.2. The van der Waals surface area contributed by atoms with Crippen molar-refractivity contribution in [3.63, 3.8) is 0 Å². The van der Waals surface area contributed by atoms with Crippen LogP contribution in [0.3, 0.4) is 0 Å². The Morgan fingerprint density at radius 3 is 2.41 bits per heavy atom. The Kier molecular flexibility index (Phi) is 3.73. The molecular formula is C21H14ClN5. The number of H-pyrrole nitrogens is 1. The zero-order valence-electron chi connectivity index (χ0n) is 14.2. The molecule has 2 aromatic heterocycles. The van der Waals surface area contributed by atoms with Gasteiger partial charge < -0.3 is 0 Å². The summed E-state index contributed by atoms with van der Waals surface area (Å²) >= 11 is 6.05. The number of rotatable bonds is 1. The molecule has 0 saturated heterocycles. The standard InChI is InChI=1S/C21H14ClN5/c22-16-11-9-14(10-12-16)20-21-24-18-7-3-2-6-17(18)23-13-15-5-1-4-8-19(15)27(21)26-25-20/h1-13,26H. The second-order valence-corrected chi connectivity index (χ2v) is 6.58. The van der Waals surface area contributed by atoms with Gasteiger partial charge in [0.15, 0.2) is 5.65 Å². The maximum Gasteiger partial charge on any atom is 0.182 e. The third-order valence-electron chi connectivity index (χ3n) is 4.43. The topological polar surface area (TPSA) is 58.9 Å². The Morgan fingerprint density at radius 1 is 0.815 bits per heavy atom. The fraction of sp³-hybridized carbons (Fsp3) is 0. The normalized spacial score (nSPS) is 11.1. The Labute approximate surface area is 159 Å². The summed E-state index contributed by atoms with van der Waals surface area (Å²) in [6.45, 7) is 0. The first-order valence-corrected chi connectivity index (χ1v) is 8.88. The molecule has 27 heavy (non-hydrogen) atoms. The molecule has 0 fully saturated rings. The van der Waals surface area contributed by atoms with Crippen LogP contribution in [0.5, 0.6) is 0 Å². The van der Waals surface area contributed by atoms with Crippen LogP contribution in [0.25, 0.3) is 38.8 Å². The van der Waals surface area contributed by atoms with E-state index in [1.54, 1.807) is 0 Å². The molecule has 0 aliphatic rings. The van der Waals surface area contributed by atoms with Crippen molar-refractivity contribution in [1.29, 1.82) is 0 Å². The maximum atomic E-state index is 6.05. The van der Waals surface area contributed by atoms with Crippen molar-refractivity contribution >= 4 is 39.2 Å². The number of nitrogens with zero attached hydrogens (tertiary/aromatic N) is 4. The average Bonchev–Trinajstić information content (AvgIpc) is 3.13. The largest absolute Gasteiger partial charge is 0.254 e. The minimum atomic E-state index is 0.683. The van der Waals surface area contributed by atoms with E-state index in [-0.39, 0.29) is 0 Å². The van der Waals surface area contributed by atoms with Gasteiger partial charge in [0.1, 0.15) is 5.69 Å². The number of hydrogen-bond acceptors (Lipinski definition) is 3. The number of aromatic amines is 1. The van der Waals surface area contributed by atoms with Gasteiger partial charge in [-0.3, -0.25) is 4.98 Å². The lowest BCUT2D eigenvalue weighted by atomic mass is 10.1. The summed E-state index contributed by atoms with van der Waals surface area (Å²) < 4.78 is 1.88. The quantitative estimate of drug-likeness (QED) is 0.440. The molecule has 0 spiro atoms. The van der Waals surface area contributed by atoms with E-state index in [4.69, 9.17) is 16.6 Å². The van der Waals surface area contributed by atoms with Crippen LogP contribution in [0, 0.1) is 0 Å². The molecule has 0 aliphatic heterocycles.